The molecule has 6 nitrogen and oxygen atoms in total. The number of β-amino-alcohol motifs (C(OH)–C–C–N with tert-alkyl or cyclic N) is 1. The number of hydrogen-bond acceptors (Lipinski definition) is 6. The highest BCUT2D eigenvalue weighted by Gasteiger charge is 2.32. The minimum atomic E-state index is -0.680. The van der Waals surface area contributed by atoms with Crippen LogP contribution in [-0.2, 0) is 6.42 Å². The third-order valence-electron chi connectivity index (χ3n) is 5.48. The van der Waals surface area contributed by atoms with Crippen molar-refractivity contribution in [3.63, 3.8) is 0 Å². The zero-order chi connectivity index (χ0) is 19.6. The average Bonchev–Trinajstić information content (AvgIpc) is 2.59. The van der Waals surface area contributed by atoms with Crippen LogP contribution in [0.1, 0.15) is 56.3 Å². The molecule has 1 aliphatic heterocycles. The molecule has 2 atom stereocenters. The smallest absolute Gasteiger partial charge is 0.196 e. The topological polar surface area (TPSA) is 94.1 Å². The van der Waals surface area contributed by atoms with Gasteiger partial charge in [-0.05, 0) is 26.4 Å². The van der Waals surface area contributed by atoms with Crippen LogP contribution in [0.3, 0.4) is 0 Å². The van der Waals surface area contributed by atoms with E-state index in [2.05, 4.69) is 6.92 Å². The summed E-state index contributed by atoms with van der Waals surface area (Å²) in [6, 6.07) is 2.61. The Morgan fingerprint density at radius 3 is 2.67 bits per heavy atom. The first kappa shape index (κ1) is 19.7. The second-order valence-corrected chi connectivity index (χ2v) is 7.65. The normalized spacial score (nSPS) is 21.0. The fourth-order valence-corrected chi connectivity index (χ4v) is 4.00. The molecule has 0 radical (unpaired) electrons. The van der Waals surface area contributed by atoms with Gasteiger partial charge in [0.2, 0.25) is 0 Å². The van der Waals surface area contributed by atoms with Crippen molar-refractivity contribution in [2.24, 2.45) is 0 Å². The van der Waals surface area contributed by atoms with E-state index in [0.717, 1.165) is 32.2 Å². The van der Waals surface area contributed by atoms with Crippen molar-refractivity contribution in [2.45, 2.75) is 57.5 Å². The van der Waals surface area contributed by atoms with Gasteiger partial charge in [-0.3, -0.25) is 4.79 Å². The van der Waals surface area contributed by atoms with Gasteiger partial charge in [0.25, 0.3) is 0 Å². The van der Waals surface area contributed by atoms with Gasteiger partial charge in [-0.25, -0.2) is 0 Å². The molecule has 0 amide bonds. The average molecular weight is 375 g/mol. The molecule has 0 aliphatic carbocycles. The molecule has 6 heteroatoms. The quantitative estimate of drug-likeness (QED) is 0.672. The monoisotopic (exact) mass is 375 g/mol. The number of aliphatic hydroxyl groups excluding tert-OH is 1. The Bertz CT molecular complexity index is 860. The number of aliphatic hydroxyl groups is 1. The molecule has 2 aromatic rings. The zero-order valence-corrected chi connectivity index (χ0v) is 16.1. The summed E-state index contributed by atoms with van der Waals surface area (Å²) in [6.07, 6.45) is 4.82. The zero-order valence-electron chi connectivity index (χ0n) is 16.1. The van der Waals surface area contributed by atoms with Crippen molar-refractivity contribution in [2.75, 3.05) is 20.1 Å². The van der Waals surface area contributed by atoms with Gasteiger partial charge in [0, 0.05) is 36.6 Å². The Kier molecular flexibility index (Phi) is 6.07. The van der Waals surface area contributed by atoms with Crippen LogP contribution in [0.4, 0.5) is 0 Å². The van der Waals surface area contributed by atoms with E-state index >= 15 is 0 Å². The molecule has 1 aromatic heterocycles. The Hall–Kier alpha value is -2.05. The molecule has 1 aliphatic rings. The van der Waals surface area contributed by atoms with E-state index in [1.807, 2.05) is 11.9 Å². The highest BCUT2D eigenvalue weighted by molar-refractivity contribution is 5.88. The summed E-state index contributed by atoms with van der Waals surface area (Å²) < 4.78 is 6.00. The van der Waals surface area contributed by atoms with Crippen LogP contribution in [-0.4, -0.2) is 46.5 Å². The van der Waals surface area contributed by atoms with Gasteiger partial charge in [-0.1, -0.05) is 26.2 Å². The molecule has 0 unspecified atom stereocenters. The summed E-state index contributed by atoms with van der Waals surface area (Å²) in [5.74, 6) is -0.222. The maximum Gasteiger partial charge on any atom is 0.196 e. The van der Waals surface area contributed by atoms with Crippen LogP contribution in [0.5, 0.6) is 11.5 Å². The molecular weight excluding hydrogens is 346 g/mol. The van der Waals surface area contributed by atoms with E-state index < -0.39 is 6.10 Å². The van der Waals surface area contributed by atoms with Crippen molar-refractivity contribution in [1.82, 2.24) is 4.90 Å². The van der Waals surface area contributed by atoms with E-state index in [1.54, 1.807) is 0 Å². The lowest BCUT2D eigenvalue weighted by Gasteiger charge is -2.34. The molecule has 0 spiro atoms. The largest absolute Gasteiger partial charge is 0.507 e. The minimum absolute atomic E-state index is 0.0752. The third-order valence-corrected chi connectivity index (χ3v) is 5.48. The fraction of sp³-hybridized carbons (Fsp3) is 0.571. The summed E-state index contributed by atoms with van der Waals surface area (Å²) in [4.78, 5) is 14.6. The van der Waals surface area contributed by atoms with Crippen LogP contribution in [0.15, 0.2) is 21.3 Å². The standard InChI is InChI=1S/C21H29NO5/c1-3-4-5-6-7-13-10-15(23)20-17(25)11-16(24)19(21(20)27-13)14-8-9-22(2)12-18(14)26/h10-11,14,18,24-26H,3-9,12H2,1-2H3/t14-,18+/m0/s1. The number of benzene rings is 1. The summed E-state index contributed by atoms with van der Waals surface area (Å²) in [5, 5.41) is 31.3. The third kappa shape index (κ3) is 4.12. The second kappa shape index (κ2) is 8.31. The van der Waals surface area contributed by atoms with Gasteiger partial charge in [0.1, 0.15) is 28.2 Å². The number of nitrogens with zero attached hydrogens (tertiary/aromatic N) is 1. The van der Waals surface area contributed by atoms with Crippen molar-refractivity contribution >= 4 is 11.0 Å². The number of hydrogen-bond donors (Lipinski definition) is 3. The molecule has 3 rings (SSSR count). The number of aryl methyl sites for hydroxylation is 1. The molecular formula is C21H29NO5. The Balaban J connectivity index is 2.06. The molecule has 3 N–H and O–H groups in total. The molecule has 2 heterocycles. The maximum atomic E-state index is 12.6. The molecule has 27 heavy (non-hydrogen) atoms. The first-order chi connectivity index (χ1) is 12.9. The van der Waals surface area contributed by atoms with Crippen molar-refractivity contribution in [3.8, 4) is 11.5 Å². The van der Waals surface area contributed by atoms with Gasteiger partial charge in [-0.15, -0.1) is 0 Å². The van der Waals surface area contributed by atoms with E-state index in [4.69, 9.17) is 4.42 Å². The number of fused-ring (bicyclic) bond motifs is 1. The van der Waals surface area contributed by atoms with E-state index in [0.29, 0.717) is 30.7 Å². The predicted octanol–water partition coefficient (Wildman–Crippen LogP) is 3.11. The molecule has 1 saturated heterocycles. The number of aromatic hydroxyl groups is 2. The van der Waals surface area contributed by atoms with Crippen molar-refractivity contribution in [1.29, 1.82) is 0 Å². The summed E-state index contributed by atoms with van der Waals surface area (Å²) in [5.41, 5.74) is 0.318. The number of piperidine rings is 1. The van der Waals surface area contributed by atoms with Crippen LogP contribution >= 0.6 is 0 Å². The van der Waals surface area contributed by atoms with Gasteiger partial charge in [0.05, 0.1) is 6.10 Å². The molecule has 148 valence electrons. The minimum Gasteiger partial charge on any atom is -0.507 e. The summed E-state index contributed by atoms with van der Waals surface area (Å²) in [7, 11) is 1.93. The lowest BCUT2D eigenvalue weighted by Crippen LogP contribution is -2.40. The van der Waals surface area contributed by atoms with Gasteiger partial charge in [-0.2, -0.15) is 0 Å². The number of likely N-dealkylation sites (tertiary alicyclic amines) is 1. The SMILES string of the molecule is CCCCCCc1cc(=O)c2c(O)cc(O)c([C@H]3CCN(C)C[C@H]3O)c2o1. The van der Waals surface area contributed by atoms with Gasteiger partial charge < -0.3 is 24.6 Å². The van der Waals surface area contributed by atoms with Crippen LogP contribution in [0.2, 0.25) is 0 Å². The van der Waals surface area contributed by atoms with Crippen LogP contribution < -0.4 is 5.43 Å². The number of unbranched alkanes of at least 4 members (excludes halogenated alkanes) is 3. The van der Waals surface area contributed by atoms with E-state index in [-0.39, 0.29) is 33.8 Å². The van der Waals surface area contributed by atoms with Crippen molar-refractivity contribution < 1.29 is 19.7 Å². The first-order valence-electron chi connectivity index (χ1n) is 9.80. The molecule has 1 fully saturated rings. The van der Waals surface area contributed by atoms with E-state index in [1.165, 1.54) is 12.1 Å². The van der Waals surface area contributed by atoms with Gasteiger partial charge in [0.15, 0.2) is 5.43 Å². The van der Waals surface area contributed by atoms with Gasteiger partial charge >= 0.3 is 0 Å². The fourth-order valence-electron chi connectivity index (χ4n) is 4.00. The van der Waals surface area contributed by atoms with Crippen LogP contribution in [0.25, 0.3) is 11.0 Å². The Morgan fingerprint density at radius 1 is 1.19 bits per heavy atom. The number of phenols is 2. The highest BCUT2D eigenvalue weighted by Crippen LogP contribution is 2.41. The summed E-state index contributed by atoms with van der Waals surface area (Å²) in [6.45, 7) is 3.39. The molecule has 1 aromatic carbocycles. The first-order valence-corrected chi connectivity index (χ1v) is 9.80. The Morgan fingerprint density at radius 2 is 1.96 bits per heavy atom. The lowest BCUT2D eigenvalue weighted by atomic mass is 9.85. The Labute approximate surface area is 159 Å². The summed E-state index contributed by atoms with van der Waals surface area (Å²) >= 11 is 0. The molecule has 0 bridgehead atoms. The lowest BCUT2D eigenvalue weighted by molar-refractivity contribution is 0.0630. The second-order valence-electron chi connectivity index (χ2n) is 7.65. The van der Waals surface area contributed by atoms with E-state index in [9.17, 15) is 20.1 Å². The highest BCUT2D eigenvalue weighted by atomic mass is 16.3. The van der Waals surface area contributed by atoms with Crippen LogP contribution in [0, 0.1) is 0 Å². The number of phenolic OH excluding ortho intramolecular Hbond substituents is 2. The number of likely N-dealkylation sites (N-methyl/N-ethyl adjacent to an activating group) is 1. The number of rotatable bonds is 6. The predicted molar refractivity (Wildman–Crippen MR) is 105 cm³/mol. The van der Waals surface area contributed by atoms with Crippen molar-refractivity contribution in [3.05, 3.63) is 33.7 Å². The maximum absolute atomic E-state index is 12.6. The molecule has 0 saturated carbocycles.